The number of rotatable bonds is 13. The maximum atomic E-state index is 11.0. The number of hydrogen-bond donors (Lipinski definition) is 4. The second kappa shape index (κ2) is 11.3. The Balaban J connectivity index is 2.56. The molecule has 148 valence electrons. The maximum absolute atomic E-state index is 11.0. The summed E-state index contributed by atoms with van der Waals surface area (Å²) >= 11 is 0. The van der Waals surface area contributed by atoms with Gasteiger partial charge in [0, 0.05) is 0 Å². The number of carbonyl (C=O) groups is 1. The van der Waals surface area contributed by atoms with Gasteiger partial charge in [-0.1, -0.05) is 69.7 Å². The lowest BCUT2D eigenvalue weighted by Gasteiger charge is -2.34. The van der Waals surface area contributed by atoms with Gasteiger partial charge in [0.1, 0.15) is 11.7 Å². The smallest absolute Gasteiger partial charge is 0.306 e. The number of aliphatic carboxylic acids is 1. The number of carboxylic acids is 1. The summed E-state index contributed by atoms with van der Waals surface area (Å²) in [5.41, 5.74) is -0.572. The van der Waals surface area contributed by atoms with Gasteiger partial charge in [-0.3, -0.25) is 4.79 Å². The highest BCUT2D eigenvalue weighted by Gasteiger charge is 2.43. The van der Waals surface area contributed by atoms with Crippen molar-refractivity contribution in [3.05, 3.63) is 35.4 Å². The Hall–Kier alpha value is -1.43. The molecule has 0 amide bonds. The van der Waals surface area contributed by atoms with E-state index in [2.05, 4.69) is 6.92 Å². The third-order valence-electron chi connectivity index (χ3n) is 5.00. The highest BCUT2D eigenvalue weighted by Crippen LogP contribution is 2.32. The standard InChI is InChI=1S/C21H34O5/c1-3-4-5-6-7-8-9-10-17-11-13-18(14-12-17)20(25)21(26,16(2)22)15-19(23)24/h11-14,16,20,22,25-26H,3-10,15H2,1-2H3,(H,23,24). The minimum Gasteiger partial charge on any atom is -0.481 e. The first-order valence-corrected chi connectivity index (χ1v) is 9.70. The van der Waals surface area contributed by atoms with Gasteiger partial charge >= 0.3 is 5.97 Å². The monoisotopic (exact) mass is 366 g/mol. The van der Waals surface area contributed by atoms with Crippen LogP contribution in [-0.2, 0) is 11.2 Å². The molecule has 5 nitrogen and oxygen atoms in total. The van der Waals surface area contributed by atoms with Gasteiger partial charge in [0.05, 0.1) is 12.5 Å². The zero-order valence-electron chi connectivity index (χ0n) is 16.0. The molecule has 0 fully saturated rings. The van der Waals surface area contributed by atoms with E-state index in [1.54, 1.807) is 12.1 Å². The van der Waals surface area contributed by atoms with Gasteiger partial charge in [0.25, 0.3) is 0 Å². The van der Waals surface area contributed by atoms with Crippen molar-refractivity contribution in [3.8, 4) is 0 Å². The fraction of sp³-hybridized carbons (Fsp3) is 0.667. The number of carboxylic acid groups (broad SMARTS) is 1. The van der Waals surface area contributed by atoms with E-state index in [1.165, 1.54) is 45.4 Å². The van der Waals surface area contributed by atoms with Crippen molar-refractivity contribution in [1.82, 2.24) is 0 Å². The number of aryl methyl sites for hydroxylation is 1. The van der Waals surface area contributed by atoms with Gasteiger partial charge in [-0.2, -0.15) is 0 Å². The van der Waals surface area contributed by atoms with Crippen molar-refractivity contribution >= 4 is 5.97 Å². The molecule has 1 aromatic carbocycles. The Morgan fingerprint density at radius 2 is 1.54 bits per heavy atom. The Bertz CT molecular complexity index is 526. The van der Waals surface area contributed by atoms with Gasteiger partial charge in [-0.25, -0.2) is 0 Å². The second-order valence-electron chi connectivity index (χ2n) is 7.25. The Kier molecular flexibility index (Phi) is 9.84. The van der Waals surface area contributed by atoms with E-state index in [0.717, 1.165) is 18.4 Å². The summed E-state index contributed by atoms with van der Waals surface area (Å²) in [6.07, 6.45) is 6.14. The van der Waals surface area contributed by atoms with Gasteiger partial charge in [0.2, 0.25) is 0 Å². The van der Waals surface area contributed by atoms with Crippen LogP contribution in [0.25, 0.3) is 0 Å². The van der Waals surface area contributed by atoms with Crippen molar-refractivity contribution in [2.75, 3.05) is 0 Å². The maximum Gasteiger partial charge on any atom is 0.306 e. The SMILES string of the molecule is CCCCCCCCCc1ccc(C(O)C(O)(CC(=O)O)C(C)O)cc1. The summed E-state index contributed by atoms with van der Waals surface area (Å²) in [7, 11) is 0. The van der Waals surface area contributed by atoms with Gasteiger partial charge in [0.15, 0.2) is 0 Å². The molecule has 1 aromatic rings. The van der Waals surface area contributed by atoms with Crippen LogP contribution in [0.4, 0.5) is 0 Å². The van der Waals surface area contributed by atoms with E-state index in [9.17, 15) is 20.1 Å². The minimum atomic E-state index is -2.12. The molecule has 0 saturated carbocycles. The minimum absolute atomic E-state index is 0.401. The Morgan fingerprint density at radius 1 is 1.00 bits per heavy atom. The average molecular weight is 366 g/mol. The molecule has 0 saturated heterocycles. The molecule has 3 atom stereocenters. The zero-order valence-corrected chi connectivity index (χ0v) is 16.0. The second-order valence-corrected chi connectivity index (χ2v) is 7.25. The van der Waals surface area contributed by atoms with Crippen LogP contribution in [0.3, 0.4) is 0 Å². The first kappa shape index (κ1) is 22.6. The summed E-state index contributed by atoms with van der Waals surface area (Å²) in [6.45, 7) is 3.49. The topological polar surface area (TPSA) is 98.0 Å². The van der Waals surface area contributed by atoms with Crippen LogP contribution in [0.15, 0.2) is 24.3 Å². The summed E-state index contributed by atoms with van der Waals surface area (Å²) in [4.78, 5) is 11.0. The van der Waals surface area contributed by atoms with E-state index in [0.29, 0.717) is 5.56 Å². The van der Waals surface area contributed by atoms with Crippen LogP contribution in [0, 0.1) is 0 Å². The quantitative estimate of drug-likeness (QED) is 0.400. The van der Waals surface area contributed by atoms with E-state index in [-0.39, 0.29) is 0 Å². The third-order valence-corrected chi connectivity index (χ3v) is 5.00. The van der Waals surface area contributed by atoms with Crippen molar-refractivity contribution in [2.45, 2.75) is 89.4 Å². The number of aliphatic hydroxyl groups excluding tert-OH is 2. The number of hydrogen-bond acceptors (Lipinski definition) is 4. The molecule has 0 bridgehead atoms. The lowest BCUT2D eigenvalue weighted by atomic mass is 9.83. The fourth-order valence-corrected chi connectivity index (χ4v) is 3.16. The average Bonchev–Trinajstić information content (AvgIpc) is 2.60. The van der Waals surface area contributed by atoms with E-state index < -0.39 is 30.2 Å². The molecule has 3 unspecified atom stereocenters. The molecule has 4 N–H and O–H groups in total. The molecule has 0 aromatic heterocycles. The van der Waals surface area contributed by atoms with E-state index in [1.807, 2.05) is 12.1 Å². The van der Waals surface area contributed by atoms with Crippen LogP contribution < -0.4 is 0 Å². The van der Waals surface area contributed by atoms with Gasteiger partial charge in [-0.05, 0) is 30.9 Å². The van der Waals surface area contributed by atoms with Crippen LogP contribution in [0.5, 0.6) is 0 Å². The van der Waals surface area contributed by atoms with Crippen LogP contribution in [0.2, 0.25) is 0 Å². The molecule has 26 heavy (non-hydrogen) atoms. The summed E-state index contributed by atoms with van der Waals surface area (Å²) in [5, 5.41) is 39.5. The fourth-order valence-electron chi connectivity index (χ4n) is 3.16. The van der Waals surface area contributed by atoms with Crippen molar-refractivity contribution < 1.29 is 25.2 Å². The van der Waals surface area contributed by atoms with E-state index >= 15 is 0 Å². The molecule has 0 spiro atoms. The summed E-state index contributed by atoms with van der Waals surface area (Å²) in [6, 6.07) is 7.16. The van der Waals surface area contributed by atoms with Crippen molar-refractivity contribution in [2.24, 2.45) is 0 Å². The predicted molar refractivity (Wildman–Crippen MR) is 102 cm³/mol. The lowest BCUT2D eigenvalue weighted by Crippen LogP contribution is -2.48. The summed E-state index contributed by atoms with van der Waals surface area (Å²) in [5.74, 6) is -1.27. The zero-order chi connectivity index (χ0) is 19.6. The highest BCUT2D eigenvalue weighted by molar-refractivity contribution is 5.68. The van der Waals surface area contributed by atoms with Crippen LogP contribution >= 0.6 is 0 Å². The van der Waals surface area contributed by atoms with Crippen molar-refractivity contribution in [3.63, 3.8) is 0 Å². The van der Waals surface area contributed by atoms with Crippen LogP contribution in [0.1, 0.15) is 82.4 Å². The molecule has 0 aliphatic carbocycles. The molecule has 0 aliphatic rings. The number of unbranched alkanes of at least 4 members (excludes halogenated alkanes) is 6. The molecular weight excluding hydrogens is 332 g/mol. The number of aliphatic hydroxyl groups is 3. The first-order valence-electron chi connectivity index (χ1n) is 9.70. The molecule has 5 heteroatoms. The molecule has 1 rings (SSSR count). The first-order chi connectivity index (χ1) is 12.3. The Morgan fingerprint density at radius 3 is 2.04 bits per heavy atom. The Labute approximate surface area is 156 Å². The third kappa shape index (κ3) is 7.06. The summed E-state index contributed by atoms with van der Waals surface area (Å²) < 4.78 is 0. The lowest BCUT2D eigenvalue weighted by molar-refractivity contribution is -0.169. The van der Waals surface area contributed by atoms with Crippen molar-refractivity contribution in [1.29, 1.82) is 0 Å². The normalized spacial score (nSPS) is 16.0. The predicted octanol–water partition coefficient (Wildman–Crippen LogP) is 3.60. The highest BCUT2D eigenvalue weighted by atomic mass is 16.4. The largest absolute Gasteiger partial charge is 0.481 e. The molecular formula is C21H34O5. The van der Waals surface area contributed by atoms with Gasteiger partial charge < -0.3 is 20.4 Å². The van der Waals surface area contributed by atoms with Gasteiger partial charge in [-0.15, -0.1) is 0 Å². The van der Waals surface area contributed by atoms with E-state index in [4.69, 9.17) is 5.11 Å². The molecule has 0 aliphatic heterocycles. The molecule has 0 radical (unpaired) electrons. The molecule has 0 heterocycles. The van der Waals surface area contributed by atoms with Crippen LogP contribution in [-0.4, -0.2) is 38.1 Å². The number of benzene rings is 1.